The minimum atomic E-state index is 0.630. The summed E-state index contributed by atoms with van der Waals surface area (Å²) in [5.41, 5.74) is 1.19. The van der Waals surface area contributed by atoms with E-state index in [0.29, 0.717) is 6.61 Å². The number of rotatable bonds is 4. The van der Waals surface area contributed by atoms with E-state index in [2.05, 4.69) is 12.2 Å². The Bertz CT molecular complexity index is 309. The van der Waals surface area contributed by atoms with Gasteiger partial charge in [0.25, 0.3) is 0 Å². The van der Waals surface area contributed by atoms with Crippen molar-refractivity contribution in [3.63, 3.8) is 0 Å². The maximum absolute atomic E-state index is 5.59. The summed E-state index contributed by atoms with van der Waals surface area (Å²) in [5.74, 6) is 0.913. The summed E-state index contributed by atoms with van der Waals surface area (Å²) in [7, 11) is 0. The van der Waals surface area contributed by atoms with Gasteiger partial charge in [-0.2, -0.15) is 0 Å². The SMILES string of the molecule is C/C=C\C(=C/C)COc1ccccc1.CC. The first-order chi connectivity index (χ1) is 7.86. The minimum absolute atomic E-state index is 0.630. The van der Waals surface area contributed by atoms with Crippen molar-refractivity contribution in [3.8, 4) is 5.75 Å². The molecule has 88 valence electrons. The van der Waals surface area contributed by atoms with Crippen LogP contribution in [-0.4, -0.2) is 6.61 Å². The van der Waals surface area contributed by atoms with Gasteiger partial charge in [0.05, 0.1) is 0 Å². The van der Waals surface area contributed by atoms with Gasteiger partial charge in [0.2, 0.25) is 0 Å². The van der Waals surface area contributed by atoms with Crippen LogP contribution < -0.4 is 4.74 Å². The lowest BCUT2D eigenvalue weighted by atomic mass is 10.2. The van der Waals surface area contributed by atoms with Gasteiger partial charge in [0.15, 0.2) is 0 Å². The van der Waals surface area contributed by atoms with Crippen LogP contribution in [0.1, 0.15) is 27.7 Å². The van der Waals surface area contributed by atoms with Crippen LogP contribution in [0.25, 0.3) is 0 Å². The predicted molar refractivity (Wildman–Crippen MR) is 71.9 cm³/mol. The van der Waals surface area contributed by atoms with Crippen molar-refractivity contribution in [2.24, 2.45) is 0 Å². The van der Waals surface area contributed by atoms with Gasteiger partial charge < -0.3 is 4.74 Å². The molecule has 0 aromatic heterocycles. The van der Waals surface area contributed by atoms with Gasteiger partial charge in [0.1, 0.15) is 12.4 Å². The molecule has 0 fully saturated rings. The largest absolute Gasteiger partial charge is 0.489 e. The molecular formula is C15H22O. The number of hydrogen-bond acceptors (Lipinski definition) is 1. The van der Waals surface area contributed by atoms with Gasteiger partial charge in [-0.1, -0.05) is 50.3 Å². The van der Waals surface area contributed by atoms with Crippen molar-refractivity contribution in [2.75, 3.05) is 6.61 Å². The first kappa shape index (κ1) is 14.5. The molecular weight excluding hydrogens is 196 g/mol. The molecule has 0 aliphatic carbocycles. The lowest BCUT2D eigenvalue weighted by Gasteiger charge is -2.05. The molecule has 0 heterocycles. The van der Waals surface area contributed by atoms with Gasteiger partial charge in [0, 0.05) is 0 Å². The van der Waals surface area contributed by atoms with Crippen molar-refractivity contribution in [1.29, 1.82) is 0 Å². The van der Waals surface area contributed by atoms with E-state index in [1.807, 2.05) is 64.1 Å². The van der Waals surface area contributed by atoms with E-state index in [4.69, 9.17) is 4.74 Å². The van der Waals surface area contributed by atoms with Crippen LogP contribution in [0.4, 0.5) is 0 Å². The van der Waals surface area contributed by atoms with Crippen LogP contribution in [-0.2, 0) is 0 Å². The first-order valence-electron chi connectivity index (χ1n) is 5.82. The Morgan fingerprint density at radius 1 is 1.12 bits per heavy atom. The third-order valence-corrected chi connectivity index (χ3v) is 1.90. The van der Waals surface area contributed by atoms with Gasteiger partial charge in [-0.15, -0.1) is 0 Å². The van der Waals surface area contributed by atoms with Gasteiger partial charge in [-0.05, 0) is 31.6 Å². The Labute approximate surface area is 99.5 Å². The maximum Gasteiger partial charge on any atom is 0.119 e. The fraction of sp³-hybridized carbons (Fsp3) is 0.333. The van der Waals surface area contributed by atoms with Crippen LogP contribution in [0.15, 0.2) is 54.1 Å². The van der Waals surface area contributed by atoms with Crippen molar-refractivity contribution in [3.05, 3.63) is 54.1 Å². The van der Waals surface area contributed by atoms with Crippen molar-refractivity contribution in [1.82, 2.24) is 0 Å². The third-order valence-electron chi connectivity index (χ3n) is 1.90. The van der Waals surface area contributed by atoms with E-state index in [1.54, 1.807) is 0 Å². The molecule has 0 amide bonds. The molecule has 1 rings (SSSR count). The summed E-state index contributed by atoms with van der Waals surface area (Å²) < 4.78 is 5.59. The van der Waals surface area contributed by atoms with Crippen LogP contribution >= 0.6 is 0 Å². The van der Waals surface area contributed by atoms with Gasteiger partial charge in [-0.25, -0.2) is 0 Å². The maximum atomic E-state index is 5.59. The molecule has 0 saturated heterocycles. The molecule has 1 aromatic rings. The van der Waals surface area contributed by atoms with E-state index in [9.17, 15) is 0 Å². The van der Waals surface area contributed by atoms with Gasteiger partial charge >= 0.3 is 0 Å². The standard InChI is InChI=1S/C13H16O.C2H6/c1-3-8-12(4-2)11-14-13-9-6-5-7-10-13;1-2/h3-10H,11H2,1-2H3;1-2H3/b8-3-,12-4+;. The van der Waals surface area contributed by atoms with Crippen LogP contribution in [0.5, 0.6) is 5.75 Å². The molecule has 0 aliphatic heterocycles. The summed E-state index contributed by atoms with van der Waals surface area (Å²) in [6, 6.07) is 9.85. The smallest absolute Gasteiger partial charge is 0.119 e. The molecule has 1 heteroatoms. The zero-order chi connectivity index (χ0) is 12.2. The van der Waals surface area contributed by atoms with Crippen molar-refractivity contribution in [2.45, 2.75) is 27.7 Å². The molecule has 0 N–H and O–H groups in total. The average Bonchev–Trinajstić information content (AvgIpc) is 2.38. The average molecular weight is 218 g/mol. The quantitative estimate of drug-likeness (QED) is 0.670. The third kappa shape index (κ3) is 6.07. The molecule has 0 aliphatic rings. The number of allylic oxidation sites excluding steroid dienone is 2. The molecule has 0 bridgehead atoms. The Morgan fingerprint density at radius 2 is 1.75 bits per heavy atom. The minimum Gasteiger partial charge on any atom is -0.489 e. The lowest BCUT2D eigenvalue weighted by molar-refractivity contribution is 0.355. The second-order valence-corrected chi connectivity index (χ2v) is 2.97. The first-order valence-corrected chi connectivity index (χ1v) is 5.82. The molecule has 16 heavy (non-hydrogen) atoms. The second kappa shape index (κ2) is 10.0. The molecule has 0 saturated carbocycles. The van der Waals surface area contributed by atoms with E-state index in [1.165, 1.54) is 5.57 Å². The van der Waals surface area contributed by atoms with E-state index < -0.39 is 0 Å². The highest BCUT2D eigenvalue weighted by atomic mass is 16.5. The topological polar surface area (TPSA) is 9.23 Å². The summed E-state index contributed by atoms with van der Waals surface area (Å²) in [6.45, 7) is 8.65. The Hall–Kier alpha value is -1.50. The number of hydrogen-bond donors (Lipinski definition) is 0. The van der Waals surface area contributed by atoms with Crippen LogP contribution in [0.3, 0.4) is 0 Å². The molecule has 1 aromatic carbocycles. The summed E-state index contributed by atoms with van der Waals surface area (Å²) in [4.78, 5) is 0. The second-order valence-electron chi connectivity index (χ2n) is 2.97. The Balaban J connectivity index is 0.00000106. The van der Waals surface area contributed by atoms with Crippen LogP contribution in [0.2, 0.25) is 0 Å². The van der Waals surface area contributed by atoms with E-state index >= 15 is 0 Å². The summed E-state index contributed by atoms with van der Waals surface area (Å²) in [5, 5.41) is 0. The molecule has 0 unspecified atom stereocenters. The predicted octanol–water partition coefficient (Wildman–Crippen LogP) is 4.61. The number of ether oxygens (including phenoxy) is 1. The highest BCUT2D eigenvalue weighted by molar-refractivity contribution is 5.24. The zero-order valence-electron chi connectivity index (χ0n) is 10.7. The van der Waals surface area contributed by atoms with E-state index in [0.717, 1.165) is 5.75 Å². The number of benzene rings is 1. The number of para-hydroxylation sites is 1. The van der Waals surface area contributed by atoms with Crippen molar-refractivity contribution < 1.29 is 4.74 Å². The van der Waals surface area contributed by atoms with Crippen LogP contribution in [0, 0.1) is 0 Å². The Kier molecular flexibility index (Phi) is 9.09. The molecule has 0 spiro atoms. The monoisotopic (exact) mass is 218 g/mol. The highest BCUT2D eigenvalue weighted by Crippen LogP contribution is 2.10. The van der Waals surface area contributed by atoms with E-state index in [-0.39, 0.29) is 0 Å². The molecule has 1 nitrogen and oxygen atoms in total. The van der Waals surface area contributed by atoms with Gasteiger partial charge in [-0.3, -0.25) is 0 Å². The zero-order valence-corrected chi connectivity index (χ0v) is 10.7. The Morgan fingerprint density at radius 3 is 2.25 bits per heavy atom. The molecule has 0 radical (unpaired) electrons. The summed E-state index contributed by atoms with van der Waals surface area (Å²) >= 11 is 0. The normalized spacial score (nSPS) is 10.9. The lowest BCUT2D eigenvalue weighted by Crippen LogP contribution is -1.98. The molecule has 0 atom stereocenters. The fourth-order valence-electron chi connectivity index (χ4n) is 1.13. The highest BCUT2D eigenvalue weighted by Gasteiger charge is 1.93. The fourth-order valence-corrected chi connectivity index (χ4v) is 1.13. The summed E-state index contributed by atoms with van der Waals surface area (Å²) in [6.07, 6.45) is 6.13. The van der Waals surface area contributed by atoms with Crippen molar-refractivity contribution >= 4 is 0 Å².